The zero-order chi connectivity index (χ0) is 13.2. The first-order valence-corrected chi connectivity index (χ1v) is 6.04. The lowest BCUT2D eigenvalue weighted by molar-refractivity contribution is 0.478. The standard InChI is InChI=1S/C15H17FN2/c1-3-15(17,12-8-11(2)9-18-10-12)13-6-4-5-7-14(13)16/h4-10H,3,17H2,1-2H3. The Balaban J connectivity index is 2.59. The summed E-state index contributed by atoms with van der Waals surface area (Å²) >= 11 is 0. The molecule has 18 heavy (non-hydrogen) atoms. The van der Waals surface area contributed by atoms with Gasteiger partial charge in [0.15, 0.2) is 0 Å². The van der Waals surface area contributed by atoms with Gasteiger partial charge in [0.1, 0.15) is 5.82 Å². The number of pyridine rings is 1. The van der Waals surface area contributed by atoms with Crippen LogP contribution in [0, 0.1) is 12.7 Å². The van der Waals surface area contributed by atoms with Gasteiger partial charge < -0.3 is 5.73 Å². The molecular formula is C15H17FN2. The van der Waals surface area contributed by atoms with Crippen LogP contribution in [0.4, 0.5) is 4.39 Å². The van der Waals surface area contributed by atoms with Crippen LogP contribution in [-0.2, 0) is 5.54 Å². The number of benzene rings is 1. The summed E-state index contributed by atoms with van der Waals surface area (Å²) in [5, 5.41) is 0. The van der Waals surface area contributed by atoms with Gasteiger partial charge in [0, 0.05) is 18.0 Å². The van der Waals surface area contributed by atoms with Crippen molar-refractivity contribution >= 4 is 0 Å². The van der Waals surface area contributed by atoms with Gasteiger partial charge in [0.2, 0.25) is 0 Å². The maximum Gasteiger partial charge on any atom is 0.128 e. The number of aromatic nitrogens is 1. The first-order valence-electron chi connectivity index (χ1n) is 6.04. The van der Waals surface area contributed by atoms with Crippen LogP contribution >= 0.6 is 0 Å². The molecule has 2 aromatic rings. The first-order chi connectivity index (χ1) is 8.58. The lowest BCUT2D eigenvalue weighted by atomic mass is 9.82. The van der Waals surface area contributed by atoms with Gasteiger partial charge in [-0.3, -0.25) is 4.98 Å². The third-order valence-corrected chi connectivity index (χ3v) is 3.30. The normalized spacial score (nSPS) is 14.2. The van der Waals surface area contributed by atoms with Crippen LogP contribution < -0.4 is 5.73 Å². The lowest BCUT2D eigenvalue weighted by Crippen LogP contribution is -2.38. The highest BCUT2D eigenvalue weighted by molar-refractivity contribution is 5.38. The second kappa shape index (κ2) is 4.86. The molecule has 0 aliphatic heterocycles. The van der Waals surface area contributed by atoms with Crippen LogP contribution in [0.1, 0.15) is 30.0 Å². The van der Waals surface area contributed by atoms with E-state index in [-0.39, 0.29) is 5.82 Å². The SMILES string of the molecule is CCC(N)(c1cncc(C)c1)c1ccccc1F. The summed E-state index contributed by atoms with van der Waals surface area (Å²) in [5.74, 6) is -0.275. The molecule has 2 rings (SSSR count). The molecule has 0 spiro atoms. The van der Waals surface area contributed by atoms with E-state index >= 15 is 0 Å². The number of halogens is 1. The van der Waals surface area contributed by atoms with E-state index in [1.165, 1.54) is 6.07 Å². The van der Waals surface area contributed by atoms with Crippen molar-refractivity contribution in [2.75, 3.05) is 0 Å². The summed E-state index contributed by atoms with van der Waals surface area (Å²) in [6.45, 7) is 3.91. The third-order valence-electron chi connectivity index (χ3n) is 3.30. The average molecular weight is 244 g/mol. The summed E-state index contributed by atoms with van der Waals surface area (Å²) in [6, 6.07) is 8.61. The second-order valence-corrected chi connectivity index (χ2v) is 4.56. The van der Waals surface area contributed by atoms with Crippen molar-refractivity contribution in [3.05, 3.63) is 65.2 Å². The molecule has 94 valence electrons. The molecule has 1 aromatic heterocycles. The molecule has 0 radical (unpaired) electrons. The zero-order valence-corrected chi connectivity index (χ0v) is 10.7. The molecule has 0 amide bonds. The summed E-state index contributed by atoms with van der Waals surface area (Å²) < 4.78 is 14.0. The first kappa shape index (κ1) is 12.7. The lowest BCUT2D eigenvalue weighted by Gasteiger charge is -2.29. The van der Waals surface area contributed by atoms with Crippen LogP contribution in [-0.4, -0.2) is 4.98 Å². The van der Waals surface area contributed by atoms with Crippen molar-refractivity contribution in [3.63, 3.8) is 0 Å². The molecule has 1 unspecified atom stereocenters. The summed E-state index contributed by atoms with van der Waals surface area (Å²) in [6.07, 6.45) is 4.09. The number of rotatable bonds is 3. The number of hydrogen-bond donors (Lipinski definition) is 1. The minimum atomic E-state index is -0.829. The quantitative estimate of drug-likeness (QED) is 0.900. The monoisotopic (exact) mass is 244 g/mol. The Morgan fingerprint density at radius 2 is 2.00 bits per heavy atom. The molecule has 0 aliphatic carbocycles. The van der Waals surface area contributed by atoms with Gasteiger partial charge in [-0.2, -0.15) is 0 Å². The largest absolute Gasteiger partial charge is 0.318 e. The Kier molecular flexibility index (Phi) is 3.43. The fourth-order valence-corrected chi connectivity index (χ4v) is 2.17. The predicted molar refractivity (Wildman–Crippen MR) is 70.6 cm³/mol. The predicted octanol–water partition coefficient (Wildman–Crippen LogP) is 3.14. The van der Waals surface area contributed by atoms with E-state index in [9.17, 15) is 4.39 Å². The van der Waals surface area contributed by atoms with Gasteiger partial charge >= 0.3 is 0 Å². The van der Waals surface area contributed by atoms with Gasteiger partial charge in [-0.25, -0.2) is 4.39 Å². The summed E-state index contributed by atoms with van der Waals surface area (Å²) in [5.41, 5.74) is 7.98. The minimum Gasteiger partial charge on any atom is -0.318 e. The van der Waals surface area contributed by atoms with Crippen molar-refractivity contribution in [3.8, 4) is 0 Å². The van der Waals surface area contributed by atoms with Crippen LogP contribution in [0.15, 0.2) is 42.7 Å². The fraction of sp³-hybridized carbons (Fsp3) is 0.267. The van der Waals surface area contributed by atoms with Gasteiger partial charge in [0.25, 0.3) is 0 Å². The van der Waals surface area contributed by atoms with E-state index in [1.807, 2.05) is 19.9 Å². The van der Waals surface area contributed by atoms with Gasteiger partial charge in [-0.15, -0.1) is 0 Å². The Hall–Kier alpha value is -1.74. The van der Waals surface area contributed by atoms with E-state index in [2.05, 4.69) is 4.98 Å². The molecule has 2 N–H and O–H groups in total. The molecule has 0 saturated carbocycles. The number of nitrogens with zero attached hydrogens (tertiary/aromatic N) is 1. The van der Waals surface area contributed by atoms with Crippen LogP contribution in [0.2, 0.25) is 0 Å². The number of aryl methyl sites for hydroxylation is 1. The maximum atomic E-state index is 14.0. The van der Waals surface area contributed by atoms with Crippen LogP contribution in [0.25, 0.3) is 0 Å². The molecule has 0 saturated heterocycles. The van der Waals surface area contributed by atoms with E-state index in [0.717, 1.165) is 11.1 Å². The van der Waals surface area contributed by atoms with E-state index < -0.39 is 5.54 Å². The van der Waals surface area contributed by atoms with Crippen LogP contribution in [0.5, 0.6) is 0 Å². The van der Waals surface area contributed by atoms with Gasteiger partial charge in [0.05, 0.1) is 5.54 Å². The molecule has 2 nitrogen and oxygen atoms in total. The number of hydrogen-bond acceptors (Lipinski definition) is 2. The second-order valence-electron chi connectivity index (χ2n) is 4.56. The minimum absolute atomic E-state index is 0.275. The fourth-order valence-electron chi connectivity index (χ4n) is 2.17. The van der Waals surface area contributed by atoms with Gasteiger partial charge in [-0.05, 0) is 30.5 Å². The van der Waals surface area contributed by atoms with Crippen molar-refractivity contribution < 1.29 is 4.39 Å². The molecule has 1 atom stereocenters. The third kappa shape index (κ3) is 2.14. The Bertz CT molecular complexity index is 554. The maximum absolute atomic E-state index is 14.0. The highest BCUT2D eigenvalue weighted by Gasteiger charge is 2.30. The zero-order valence-electron chi connectivity index (χ0n) is 10.7. The molecule has 0 fully saturated rings. The Morgan fingerprint density at radius 1 is 1.28 bits per heavy atom. The van der Waals surface area contributed by atoms with E-state index in [4.69, 9.17) is 5.73 Å². The van der Waals surface area contributed by atoms with Crippen LogP contribution in [0.3, 0.4) is 0 Å². The van der Waals surface area contributed by atoms with Crippen molar-refractivity contribution in [1.82, 2.24) is 4.98 Å². The van der Waals surface area contributed by atoms with E-state index in [1.54, 1.807) is 30.6 Å². The molecule has 3 heteroatoms. The molecule has 0 aliphatic rings. The highest BCUT2D eigenvalue weighted by Crippen LogP contribution is 2.31. The molecule has 1 aromatic carbocycles. The van der Waals surface area contributed by atoms with Crippen molar-refractivity contribution in [2.45, 2.75) is 25.8 Å². The molecule has 1 heterocycles. The summed E-state index contributed by atoms with van der Waals surface area (Å²) in [4.78, 5) is 4.15. The smallest absolute Gasteiger partial charge is 0.128 e. The Morgan fingerprint density at radius 3 is 2.61 bits per heavy atom. The van der Waals surface area contributed by atoms with E-state index in [0.29, 0.717) is 12.0 Å². The van der Waals surface area contributed by atoms with Crippen molar-refractivity contribution in [2.24, 2.45) is 5.73 Å². The van der Waals surface area contributed by atoms with Gasteiger partial charge in [-0.1, -0.05) is 31.2 Å². The van der Waals surface area contributed by atoms with Crippen molar-refractivity contribution in [1.29, 1.82) is 0 Å². The highest BCUT2D eigenvalue weighted by atomic mass is 19.1. The average Bonchev–Trinajstić information content (AvgIpc) is 2.38. The number of nitrogens with two attached hydrogens (primary N) is 1. The summed E-state index contributed by atoms with van der Waals surface area (Å²) in [7, 11) is 0. The molecule has 0 bridgehead atoms. The Labute approximate surface area is 107 Å². The molecular weight excluding hydrogens is 227 g/mol. The topological polar surface area (TPSA) is 38.9 Å².